The Hall–Kier alpha value is -1.54. The first-order chi connectivity index (χ1) is 9.13. The van der Waals surface area contributed by atoms with Crippen LogP contribution in [0.4, 0.5) is 10.1 Å². The molecule has 0 aliphatic heterocycles. The quantitative estimate of drug-likeness (QED) is 0.823. The molecule has 3 rings (SSSR count). The van der Waals surface area contributed by atoms with Gasteiger partial charge >= 0.3 is 0 Å². The van der Waals surface area contributed by atoms with Crippen molar-refractivity contribution in [2.45, 2.75) is 25.8 Å². The van der Waals surface area contributed by atoms with Crippen LogP contribution in [0.1, 0.15) is 29.2 Å². The summed E-state index contributed by atoms with van der Waals surface area (Å²) in [6.07, 6.45) is 2.08. The van der Waals surface area contributed by atoms with Crippen molar-refractivity contribution in [2.75, 3.05) is 5.32 Å². The van der Waals surface area contributed by atoms with Gasteiger partial charge in [-0.1, -0.05) is 17.7 Å². The van der Waals surface area contributed by atoms with Gasteiger partial charge in [0, 0.05) is 10.7 Å². The first kappa shape index (κ1) is 12.5. The Morgan fingerprint density at radius 1 is 1.21 bits per heavy atom. The fourth-order valence-corrected chi connectivity index (χ4v) is 2.87. The third-order valence-electron chi connectivity index (χ3n) is 3.68. The lowest BCUT2D eigenvalue weighted by Gasteiger charge is -2.16. The Morgan fingerprint density at radius 2 is 2.05 bits per heavy atom. The van der Waals surface area contributed by atoms with Gasteiger partial charge in [0.2, 0.25) is 0 Å². The molecule has 0 fully saturated rings. The highest BCUT2D eigenvalue weighted by atomic mass is 35.5. The van der Waals surface area contributed by atoms with Crippen molar-refractivity contribution in [2.24, 2.45) is 0 Å². The van der Waals surface area contributed by atoms with Gasteiger partial charge in [0.05, 0.1) is 6.04 Å². The topological polar surface area (TPSA) is 12.0 Å². The summed E-state index contributed by atoms with van der Waals surface area (Å²) in [7, 11) is 0. The molecule has 0 heterocycles. The number of nitrogens with one attached hydrogen (secondary N) is 1. The number of rotatable bonds is 2. The minimum Gasteiger partial charge on any atom is -0.378 e. The monoisotopic (exact) mass is 275 g/mol. The first-order valence-electron chi connectivity index (χ1n) is 6.44. The standard InChI is InChI=1S/C16H15ClFN/c1-10-8-13(4-6-15(10)18)19-16-7-2-11-9-12(17)3-5-14(11)16/h3-6,8-9,16,19H,2,7H2,1H3. The molecule has 0 spiro atoms. The minimum absolute atomic E-state index is 0.163. The van der Waals surface area contributed by atoms with Gasteiger partial charge in [-0.15, -0.1) is 0 Å². The molecule has 0 bridgehead atoms. The third kappa shape index (κ3) is 2.45. The smallest absolute Gasteiger partial charge is 0.126 e. The molecule has 0 aromatic heterocycles. The lowest BCUT2D eigenvalue weighted by molar-refractivity contribution is 0.618. The van der Waals surface area contributed by atoms with Gasteiger partial charge in [-0.05, 0) is 66.8 Å². The van der Waals surface area contributed by atoms with Crippen molar-refractivity contribution in [1.29, 1.82) is 0 Å². The van der Waals surface area contributed by atoms with E-state index < -0.39 is 0 Å². The number of benzene rings is 2. The molecule has 0 saturated carbocycles. The summed E-state index contributed by atoms with van der Waals surface area (Å²) in [5, 5.41) is 4.26. The van der Waals surface area contributed by atoms with Gasteiger partial charge in [-0.25, -0.2) is 4.39 Å². The van der Waals surface area contributed by atoms with Gasteiger partial charge in [0.15, 0.2) is 0 Å². The fraction of sp³-hybridized carbons (Fsp3) is 0.250. The summed E-state index contributed by atoms with van der Waals surface area (Å²) < 4.78 is 13.3. The van der Waals surface area contributed by atoms with Crippen LogP contribution in [0.15, 0.2) is 36.4 Å². The number of hydrogen-bond donors (Lipinski definition) is 1. The summed E-state index contributed by atoms with van der Waals surface area (Å²) in [5.41, 5.74) is 4.24. The Morgan fingerprint density at radius 3 is 2.84 bits per heavy atom. The summed E-state index contributed by atoms with van der Waals surface area (Å²) in [6.45, 7) is 1.78. The van der Waals surface area contributed by atoms with Crippen molar-refractivity contribution in [3.05, 3.63) is 63.9 Å². The third-order valence-corrected chi connectivity index (χ3v) is 3.92. The van der Waals surface area contributed by atoms with Gasteiger partial charge in [0.1, 0.15) is 5.82 Å². The van der Waals surface area contributed by atoms with E-state index in [1.54, 1.807) is 13.0 Å². The SMILES string of the molecule is Cc1cc(NC2CCc3cc(Cl)ccc32)ccc1F. The Bertz CT molecular complexity index is 624. The van der Waals surface area contributed by atoms with Crippen LogP contribution < -0.4 is 5.32 Å². The highest BCUT2D eigenvalue weighted by Crippen LogP contribution is 2.35. The average molecular weight is 276 g/mol. The first-order valence-corrected chi connectivity index (χ1v) is 6.82. The largest absolute Gasteiger partial charge is 0.378 e. The molecule has 1 unspecified atom stereocenters. The van der Waals surface area contributed by atoms with Crippen molar-refractivity contribution in [3.63, 3.8) is 0 Å². The maximum absolute atomic E-state index is 13.3. The highest BCUT2D eigenvalue weighted by Gasteiger charge is 2.22. The molecule has 3 heteroatoms. The number of fused-ring (bicyclic) bond motifs is 1. The van der Waals surface area contributed by atoms with E-state index in [9.17, 15) is 4.39 Å². The second-order valence-corrected chi connectivity index (χ2v) is 5.48. The summed E-state index contributed by atoms with van der Waals surface area (Å²) >= 11 is 6.01. The average Bonchev–Trinajstić information content (AvgIpc) is 2.76. The fourth-order valence-electron chi connectivity index (χ4n) is 2.67. The molecule has 1 N–H and O–H groups in total. The van der Waals surface area contributed by atoms with E-state index in [-0.39, 0.29) is 11.9 Å². The Kier molecular flexibility index (Phi) is 3.19. The van der Waals surface area contributed by atoms with Crippen molar-refractivity contribution in [3.8, 4) is 0 Å². The van der Waals surface area contributed by atoms with Crippen LogP contribution in [0.3, 0.4) is 0 Å². The summed E-state index contributed by atoms with van der Waals surface area (Å²) in [4.78, 5) is 0. The predicted octanol–water partition coefficient (Wildman–Crippen LogP) is 4.89. The maximum Gasteiger partial charge on any atom is 0.126 e. The van der Waals surface area contributed by atoms with Gasteiger partial charge in [-0.2, -0.15) is 0 Å². The van der Waals surface area contributed by atoms with Crippen LogP contribution >= 0.6 is 11.6 Å². The van der Waals surface area contributed by atoms with Crippen molar-refractivity contribution < 1.29 is 4.39 Å². The van der Waals surface area contributed by atoms with E-state index in [0.717, 1.165) is 23.6 Å². The van der Waals surface area contributed by atoms with E-state index >= 15 is 0 Å². The lowest BCUT2D eigenvalue weighted by Crippen LogP contribution is -2.07. The predicted molar refractivity (Wildman–Crippen MR) is 77.3 cm³/mol. The zero-order valence-corrected chi connectivity index (χ0v) is 11.5. The Balaban J connectivity index is 1.84. The van der Waals surface area contributed by atoms with Gasteiger partial charge in [-0.3, -0.25) is 0 Å². The number of hydrogen-bond acceptors (Lipinski definition) is 1. The lowest BCUT2D eigenvalue weighted by atomic mass is 10.1. The number of anilines is 1. The van der Waals surface area contributed by atoms with E-state index in [0.29, 0.717) is 5.56 Å². The van der Waals surface area contributed by atoms with Crippen LogP contribution in [-0.4, -0.2) is 0 Å². The molecule has 2 aromatic carbocycles. The van der Waals surface area contributed by atoms with Crippen molar-refractivity contribution in [1.82, 2.24) is 0 Å². The van der Waals surface area contributed by atoms with E-state index in [1.807, 2.05) is 18.2 Å². The molecule has 98 valence electrons. The maximum atomic E-state index is 13.3. The molecule has 1 aliphatic carbocycles. The second-order valence-electron chi connectivity index (χ2n) is 5.04. The number of aryl methyl sites for hydroxylation is 2. The zero-order chi connectivity index (χ0) is 13.4. The van der Waals surface area contributed by atoms with Crippen LogP contribution in [0.2, 0.25) is 5.02 Å². The molecular weight excluding hydrogens is 261 g/mol. The van der Waals surface area contributed by atoms with Crippen LogP contribution in [0.5, 0.6) is 0 Å². The van der Waals surface area contributed by atoms with Crippen LogP contribution in [0.25, 0.3) is 0 Å². The Labute approximate surface area is 117 Å². The molecule has 2 aromatic rings. The van der Waals surface area contributed by atoms with E-state index in [1.165, 1.54) is 17.2 Å². The molecule has 0 radical (unpaired) electrons. The van der Waals surface area contributed by atoms with Gasteiger partial charge < -0.3 is 5.32 Å². The molecule has 0 amide bonds. The van der Waals surface area contributed by atoms with E-state index in [2.05, 4.69) is 11.4 Å². The van der Waals surface area contributed by atoms with Crippen molar-refractivity contribution >= 4 is 17.3 Å². The van der Waals surface area contributed by atoms with Crippen LogP contribution in [-0.2, 0) is 6.42 Å². The molecule has 19 heavy (non-hydrogen) atoms. The summed E-state index contributed by atoms with van der Waals surface area (Å²) in [6, 6.07) is 11.5. The minimum atomic E-state index is -0.163. The molecule has 0 saturated heterocycles. The zero-order valence-electron chi connectivity index (χ0n) is 10.7. The number of halogens is 2. The second kappa shape index (κ2) is 4.86. The molecule has 1 atom stereocenters. The molecule has 1 nitrogen and oxygen atoms in total. The van der Waals surface area contributed by atoms with Crippen LogP contribution in [0, 0.1) is 12.7 Å². The summed E-state index contributed by atoms with van der Waals surface area (Å²) in [5.74, 6) is -0.163. The molecule has 1 aliphatic rings. The van der Waals surface area contributed by atoms with Gasteiger partial charge in [0.25, 0.3) is 0 Å². The molecular formula is C16H15ClFN. The van der Waals surface area contributed by atoms with E-state index in [4.69, 9.17) is 11.6 Å². The highest BCUT2D eigenvalue weighted by molar-refractivity contribution is 6.30. The normalized spacial score (nSPS) is 17.3.